The van der Waals surface area contributed by atoms with Gasteiger partial charge in [-0.3, -0.25) is 0 Å². The van der Waals surface area contributed by atoms with Gasteiger partial charge in [-0.15, -0.1) is 0 Å². The zero-order chi connectivity index (χ0) is 16.4. The minimum Gasteiger partial charge on any atom is -0.399 e. The Morgan fingerprint density at radius 2 is 1.78 bits per heavy atom. The topological polar surface area (TPSA) is 43.8 Å². The summed E-state index contributed by atoms with van der Waals surface area (Å²) in [5.74, 6) is -0.863. The lowest BCUT2D eigenvalue weighted by Gasteiger charge is -2.10. The molecule has 0 fully saturated rings. The van der Waals surface area contributed by atoms with Crippen LogP contribution >= 0.6 is 0 Å². The van der Waals surface area contributed by atoms with Crippen LogP contribution in [-0.4, -0.2) is 9.55 Å². The van der Waals surface area contributed by atoms with E-state index in [-0.39, 0.29) is 0 Å². The first kappa shape index (κ1) is 15.5. The van der Waals surface area contributed by atoms with Gasteiger partial charge in [0.1, 0.15) is 5.82 Å². The van der Waals surface area contributed by atoms with E-state index in [2.05, 4.69) is 11.9 Å². The van der Waals surface area contributed by atoms with Crippen LogP contribution in [0.15, 0.2) is 36.4 Å². The van der Waals surface area contributed by atoms with Crippen molar-refractivity contribution in [2.24, 2.45) is 0 Å². The van der Waals surface area contributed by atoms with E-state index in [1.807, 2.05) is 28.8 Å². The smallest absolute Gasteiger partial charge is 0.161 e. The minimum absolute atomic E-state index is 0.491. The highest BCUT2D eigenvalue weighted by Gasteiger charge is 2.14. The van der Waals surface area contributed by atoms with Gasteiger partial charge in [0, 0.05) is 30.8 Å². The number of nitrogens with two attached hydrogens (primary N) is 1. The maximum Gasteiger partial charge on any atom is 0.161 e. The van der Waals surface area contributed by atoms with E-state index >= 15 is 0 Å². The molecule has 5 heteroatoms. The van der Waals surface area contributed by atoms with E-state index in [1.54, 1.807) is 0 Å². The van der Waals surface area contributed by atoms with E-state index in [0.717, 1.165) is 30.7 Å². The largest absolute Gasteiger partial charge is 0.399 e. The SMILES string of the molecule is CCCCc1nc2cc(F)c(F)cc2n1Cc1ccc(N)cc1. The van der Waals surface area contributed by atoms with Crippen molar-refractivity contribution in [3.8, 4) is 0 Å². The van der Waals surface area contributed by atoms with Crippen LogP contribution in [0.4, 0.5) is 14.5 Å². The Labute approximate surface area is 133 Å². The quantitative estimate of drug-likeness (QED) is 0.714. The van der Waals surface area contributed by atoms with Gasteiger partial charge in [0.05, 0.1) is 11.0 Å². The molecule has 1 heterocycles. The van der Waals surface area contributed by atoms with Crippen LogP contribution in [0.3, 0.4) is 0 Å². The maximum absolute atomic E-state index is 13.6. The zero-order valence-electron chi connectivity index (χ0n) is 13.0. The molecule has 0 saturated heterocycles. The van der Waals surface area contributed by atoms with Crippen molar-refractivity contribution in [2.45, 2.75) is 32.7 Å². The molecule has 23 heavy (non-hydrogen) atoms. The van der Waals surface area contributed by atoms with E-state index < -0.39 is 11.6 Å². The van der Waals surface area contributed by atoms with Gasteiger partial charge in [0.15, 0.2) is 11.6 Å². The van der Waals surface area contributed by atoms with Crippen molar-refractivity contribution >= 4 is 16.7 Å². The van der Waals surface area contributed by atoms with Crippen LogP contribution in [0.2, 0.25) is 0 Å². The minimum atomic E-state index is -0.864. The number of aryl methyl sites for hydroxylation is 1. The normalized spacial score (nSPS) is 11.3. The molecule has 0 aliphatic carbocycles. The molecule has 0 unspecified atom stereocenters. The summed E-state index contributed by atoms with van der Waals surface area (Å²) in [6.45, 7) is 2.66. The summed E-state index contributed by atoms with van der Waals surface area (Å²) < 4.78 is 29.1. The Hall–Kier alpha value is -2.43. The molecule has 3 aromatic rings. The first-order valence-electron chi connectivity index (χ1n) is 7.77. The fourth-order valence-electron chi connectivity index (χ4n) is 2.68. The lowest BCUT2D eigenvalue weighted by atomic mass is 10.2. The van der Waals surface area contributed by atoms with Crippen molar-refractivity contribution in [3.05, 3.63) is 59.4 Å². The second kappa shape index (κ2) is 6.36. The summed E-state index contributed by atoms with van der Waals surface area (Å²) in [6, 6.07) is 9.93. The van der Waals surface area contributed by atoms with Crippen LogP contribution in [0.25, 0.3) is 11.0 Å². The van der Waals surface area contributed by atoms with Gasteiger partial charge >= 0.3 is 0 Å². The third-order valence-corrected chi connectivity index (χ3v) is 3.94. The van der Waals surface area contributed by atoms with Gasteiger partial charge in [-0.2, -0.15) is 0 Å². The number of nitrogen functional groups attached to an aromatic ring is 1. The van der Waals surface area contributed by atoms with Crippen LogP contribution in [0.5, 0.6) is 0 Å². The fraction of sp³-hybridized carbons (Fsp3) is 0.278. The summed E-state index contributed by atoms with van der Waals surface area (Å²) in [7, 11) is 0. The first-order chi connectivity index (χ1) is 11.1. The van der Waals surface area contributed by atoms with E-state index in [9.17, 15) is 8.78 Å². The number of aromatic nitrogens is 2. The molecule has 3 nitrogen and oxygen atoms in total. The Bertz CT molecular complexity index is 822. The highest BCUT2D eigenvalue weighted by atomic mass is 19.2. The number of halogens is 2. The third-order valence-electron chi connectivity index (χ3n) is 3.94. The van der Waals surface area contributed by atoms with Gasteiger partial charge < -0.3 is 10.3 Å². The molecular weight excluding hydrogens is 296 g/mol. The summed E-state index contributed by atoms with van der Waals surface area (Å²) in [4.78, 5) is 4.50. The van der Waals surface area contributed by atoms with E-state index in [4.69, 9.17) is 5.73 Å². The lowest BCUT2D eigenvalue weighted by Crippen LogP contribution is -2.05. The molecule has 0 atom stereocenters. The summed E-state index contributed by atoms with van der Waals surface area (Å²) in [5, 5.41) is 0. The van der Waals surface area contributed by atoms with Crippen molar-refractivity contribution in [2.75, 3.05) is 5.73 Å². The monoisotopic (exact) mass is 315 g/mol. The van der Waals surface area contributed by atoms with Crippen molar-refractivity contribution < 1.29 is 8.78 Å². The number of hydrogen-bond acceptors (Lipinski definition) is 2. The summed E-state index contributed by atoms with van der Waals surface area (Å²) >= 11 is 0. The van der Waals surface area contributed by atoms with Gasteiger partial charge in [-0.05, 0) is 24.1 Å². The number of rotatable bonds is 5. The number of benzene rings is 2. The summed E-state index contributed by atoms with van der Waals surface area (Å²) in [5.41, 5.74) is 8.56. The standard InChI is InChI=1S/C18H19F2N3/c1-2-3-4-18-22-16-9-14(19)15(20)10-17(16)23(18)11-12-5-7-13(21)8-6-12/h5-10H,2-4,11,21H2,1H3. The number of imidazole rings is 1. The molecule has 120 valence electrons. The molecule has 2 aromatic carbocycles. The molecule has 0 aliphatic heterocycles. The van der Waals surface area contributed by atoms with Gasteiger partial charge in [0.25, 0.3) is 0 Å². The highest BCUT2D eigenvalue weighted by Crippen LogP contribution is 2.22. The highest BCUT2D eigenvalue weighted by molar-refractivity contribution is 5.76. The average Bonchev–Trinajstić information content (AvgIpc) is 2.85. The van der Waals surface area contributed by atoms with Crippen molar-refractivity contribution in [3.63, 3.8) is 0 Å². The van der Waals surface area contributed by atoms with E-state index in [1.165, 1.54) is 12.1 Å². The first-order valence-corrected chi connectivity index (χ1v) is 7.77. The maximum atomic E-state index is 13.6. The molecule has 0 saturated carbocycles. The van der Waals surface area contributed by atoms with Crippen LogP contribution in [-0.2, 0) is 13.0 Å². The number of unbranched alkanes of at least 4 members (excludes halogenated alkanes) is 1. The molecule has 0 aliphatic rings. The Balaban J connectivity index is 2.07. The third kappa shape index (κ3) is 3.18. The molecule has 3 rings (SSSR count). The Kier molecular flexibility index (Phi) is 4.28. The molecule has 0 radical (unpaired) electrons. The fourth-order valence-corrected chi connectivity index (χ4v) is 2.68. The van der Waals surface area contributed by atoms with Crippen molar-refractivity contribution in [1.29, 1.82) is 0 Å². The average molecular weight is 315 g/mol. The van der Waals surface area contributed by atoms with Crippen LogP contribution < -0.4 is 5.73 Å². The number of nitrogens with zero attached hydrogens (tertiary/aromatic N) is 2. The van der Waals surface area contributed by atoms with Gasteiger partial charge in [0.2, 0.25) is 0 Å². The molecule has 0 amide bonds. The second-order valence-corrected chi connectivity index (χ2v) is 5.71. The van der Waals surface area contributed by atoms with Crippen LogP contribution in [0, 0.1) is 11.6 Å². The Morgan fingerprint density at radius 1 is 1.09 bits per heavy atom. The van der Waals surface area contributed by atoms with Crippen molar-refractivity contribution in [1.82, 2.24) is 9.55 Å². The zero-order valence-corrected chi connectivity index (χ0v) is 13.0. The van der Waals surface area contributed by atoms with Gasteiger partial charge in [-0.25, -0.2) is 13.8 Å². The van der Waals surface area contributed by atoms with Crippen LogP contribution in [0.1, 0.15) is 31.2 Å². The molecular formula is C18H19F2N3. The lowest BCUT2D eigenvalue weighted by molar-refractivity contribution is 0.510. The molecule has 0 spiro atoms. The molecule has 1 aromatic heterocycles. The number of fused-ring (bicyclic) bond motifs is 1. The van der Waals surface area contributed by atoms with E-state index in [0.29, 0.717) is 23.3 Å². The summed E-state index contributed by atoms with van der Waals surface area (Å²) in [6.07, 6.45) is 2.80. The predicted molar refractivity (Wildman–Crippen MR) is 88.2 cm³/mol. The van der Waals surface area contributed by atoms with Gasteiger partial charge in [-0.1, -0.05) is 25.5 Å². The molecule has 2 N–H and O–H groups in total. The molecule has 0 bridgehead atoms. The number of hydrogen-bond donors (Lipinski definition) is 1. The Morgan fingerprint density at radius 3 is 2.48 bits per heavy atom. The second-order valence-electron chi connectivity index (χ2n) is 5.71. The number of anilines is 1. The predicted octanol–water partition coefficient (Wildman–Crippen LogP) is 4.29.